The molecule has 0 spiro atoms. The lowest BCUT2D eigenvalue weighted by atomic mass is 10.3. The van der Waals surface area contributed by atoms with Gasteiger partial charge >= 0.3 is 0 Å². The first-order valence-corrected chi connectivity index (χ1v) is 6.55. The summed E-state index contributed by atoms with van der Waals surface area (Å²) in [5.74, 6) is 0. The van der Waals surface area contributed by atoms with Gasteiger partial charge in [-0.15, -0.1) is 11.3 Å². The lowest BCUT2D eigenvalue weighted by molar-refractivity contribution is 0.243. The lowest BCUT2D eigenvalue weighted by Crippen LogP contribution is -2.44. The van der Waals surface area contributed by atoms with Gasteiger partial charge in [0.2, 0.25) is 0 Å². The van der Waals surface area contributed by atoms with E-state index in [4.69, 9.17) is 0 Å². The first-order valence-electron chi connectivity index (χ1n) is 4.87. The quantitative estimate of drug-likeness (QED) is 0.903. The molecule has 0 bridgehead atoms. The Kier molecular flexibility index (Phi) is 3.92. The number of hydrogen-bond acceptors (Lipinski definition) is 4. The number of halogens is 1. The van der Waals surface area contributed by atoms with Gasteiger partial charge in [-0.1, -0.05) is 0 Å². The van der Waals surface area contributed by atoms with E-state index in [0.29, 0.717) is 0 Å². The predicted octanol–water partition coefficient (Wildman–Crippen LogP) is 1.35. The average Bonchev–Trinajstić information content (AvgIpc) is 2.63. The molecule has 14 heavy (non-hydrogen) atoms. The number of nitrogens with zero attached hydrogens (tertiary/aromatic N) is 2. The zero-order valence-corrected chi connectivity index (χ0v) is 10.4. The molecular formula is C9H14BrN3S. The lowest BCUT2D eigenvalue weighted by Gasteiger charge is -2.26. The number of nitrogens with one attached hydrogen (secondary N) is 1. The summed E-state index contributed by atoms with van der Waals surface area (Å²) >= 11 is 5.05. The highest BCUT2D eigenvalue weighted by molar-refractivity contribution is 9.11. The zero-order chi connectivity index (χ0) is 9.80. The van der Waals surface area contributed by atoms with Crippen LogP contribution in [0.4, 0.5) is 0 Å². The minimum atomic E-state index is 0.993. The molecule has 5 heteroatoms. The van der Waals surface area contributed by atoms with Crippen LogP contribution in [-0.2, 0) is 6.42 Å². The molecule has 0 unspecified atom stereocenters. The maximum absolute atomic E-state index is 4.39. The van der Waals surface area contributed by atoms with Crippen molar-refractivity contribution in [3.8, 4) is 0 Å². The second-order valence-corrected chi connectivity index (χ2v) is 5.57. The van der Waals surface area contributed by atoms with Crippen LogP contribution in [-0.4, -0.2) is 42.6 Å². The third-order valence-corrected chi connectivity index (χ3v) is 3.83. The van der Waals surface area contributed by atoms with Crippen molar-refractivity contribution >= 4 is 27.3 Å². The van der Waals surface area contributed by atoms with Crippen LogP contribution in [0.1, 0.15) is 5.69 Å². The van der Waals surface area contributed by atoms with E-state index in [1.807, 2.05) is 0 Å². The highest BCUT2D eigenvalue weighted by Crippen LogP contribution is 2.16. The van der Waals surface area contributed by atoms with Gasteiger partial charge in [0.25, 0.3) is 0 Å². The van der Waals surface area contributed by atoms with Crippen molar-refractivity contribution in [3.05, 3.63) is 15.0 Å². The average molecular weight is 276 g/mol. The van der Waals surface area contributed by atoms with Crippen molar-refractivity contribution in [2.75, 3.05) is 32.7 Å². The molecule has 78 valence electrons. The van der Waals surface area contributed by atoms with Crippen molar-refractivity contribution < 1.29 is 0 Å². The van der Waals surface area contributed by atoms with Crippen LogP contribution in [0.5, 0.6) is 0 Å². The Labute approximate surface area is 96.7 Å². The van der Waals surface area contributed by atoms with Gasteiger partial charge in [-0.2, -0.15) is 0 Å². The fourth-order valence-electron chi connectivity index (χ4n) is 1.60. The van der Waals surface area contributed by atoms with Gasteiger partial charge in [0.15, 0.2) is 3.92 Å². The largest absolute Gasteiger partial charge is 0.314 e. The first kappa shape index (κ1) is 10.5. The zero-order valence-electron chi connectivity index (χ0n) is 8.00. The molecule has 0 saturated carbocycles. The molecule has 1 aromatic rings. The molecule has 3 nitrogen and oxygen atoms in total. The van der Waals surface area contributed by atoms with Crippen LogP contribution in [0.25, 0.3) is 0 Å². The molecule has 0 aromatic carbocycles. The fraction of sp³-hybridized carbons (Fsp3) is 0.667. The van der Waals surface area contributed by atoms with Crippen LogP contribution in [0.3, 0.4) is 0 Å². The molecule has 1 aliphatic heterocycles. The topological polar surface area (TPSA) is 28.2 Å². The summed E-state index contributed by atoms with van der Waals surface area (Å²) in [6.45, 7) is 5.73. The van der Waals surface area contributed by atoms with Crippen molar-refractivity contribution in [1.29, 1.82) is 0 Å². The molecule has 2 heterocycles. The van der Waals surface area contributed by atoms with E-state index in [1.54, 1.807) is 11.3 Å². The number of piperazine rings is 1. The van der Waals surface area contributed by atoms with E-state index >= 15 is 0 Å². The van der Waals surface area contributed by atoms with Gasteiger partial charge in [0.05, 0.1) is 5.69 Å². The highest BCUT2D eigenvalue weighted by atomic mass is 79.9. The Balaban J connectivity index is 1.76. The summed E-state index contributed by atoms with van der Waals surface area (Å²) in [5.41, 5.74) is 1.21. The first-order chi connectivity index (χ1) is 6.84. The SMILES string of the molecule is Brc1nc(CCN2CCNCC2)cs1. The normalized spacial score (nSPS) is 18.6. The standard InChI is InChI=1S/C9H14BrN3S/c10-9-12-8(7-14-9)1-4-13-5-2-11-3-6-13/h7,11H,1-6H2. The summed E-state index contributed by atoms with van der Waals surface area (Å²) in [4.78, 5) is 6.88. The van der Waals surface area contributed by atoms with E-state index in [-0.39, 0.29) is 0 Å². The molecule has 1 saturated heterocycles. The second kappa shape index (κ2) is 5.21. The maximum atomic E-state index is 4.39. The summed E-state index contributed by atoms with van der Waals surface area (Å²) < 4.78 is 0.993. The van der Waals surface area contributed by atoms with Crippen LogP contribution >= 0.6 is 27.3 Å². The van der Waals surface area contributed by atoms with Gasteiger partial charge in [0.1, 0.15) is 0 Å². The highest BCUT2D eigenvalue weighted by Gasteiger charge is 2.09. The minimum Gasteiger partial charge on any atom is -0.314 e. The van der Waals surface area contributed by atoms with Gasteiger partial charge in [-0.25, -0.2) is 4.98 Å². The van der Waals surface area contributed by atoms with Gasteiger partial charge in [0, 0.05) is 44.5 Å². The molecule has 0 amide bonds. The Morgan fingerprint density at radius 2 is 2.29 bits per heavy atom. The fourth-order valence-corrected chi connectivity index (χ4v) is 2.69. The molecule has 0 atom stereocenters. The maximum Gasteiger partial charge on any atom is 0.159 e. The van der Waals surface area contributed by atoms with Gasteiger partial charge < -0.3 is 10.2 Å². The molecule has 1 aromatic heterocycles. The Bertz CT molecular complexity index is 283. The van der Waals surface area contributed by atoms with Crippen molar-refractivity contribution in [3.63, 3.8) is 0 Å². The molecule has 1 N–H and O–H groups in total. The molecular weight excluding hydrogens is 262 g/mol. The Morgan fingerprint density at radius 3 is 2.93 bits per heavy atom. The molecule has 0 aliphatic carbocycles. The minimum absolute atomic E-state index is 0.993. The van der Waals surface area contributed by atoms with E-state index in [9.17, 15) is 0 Å². The molecule has 0 radical (unpaired) electrons. The van der Waals surface area contributed by atoms with E-state index in [0.717, 1.165) is 30.0 Å². The Hall–Kier alpha value is 0.0300. The van der Waals surface area contributed by atoms with Crippen molar-refractivity contribution in [2.24, 2.45) is 0 Å². The second-order valence-electron chi connectivity index (χ2n) is 3.43. The van der Waals surface area contributed by atoms with Crippen molar-refractivity contribution in [2.45, 2.75) is 6.42 Å². The summed E-state index contributed by atoms with van der Waals surface area (Å²) in [6, 6.07) is 0. The summed E-state index contributed by atoms with van der Waals surface area (Å²) in [5, 5.41) is 5.49. The molecule has 1 aliphatic rings. The van der Waals surface area contributed by atoms with E-state index in [2.05, 4.69) is 36.5 Å². The van der Waals surface area contributed by atoms with Crippen molar-refractivity contribution in [1.82, 2.24) is 15.2 Å². The van der Waals surface area contributed by atoms with Gasteiger partial charge in [-0.3, -0.25) is 0 Å². The Morgan fingerprint density at radius 1 is 1.50 bits per heavy atom. The monoisotopic (exact) mass is 275 g/mol. The van der Waals surface area contributed by atoms with Crippen LogP contribution in [0, 0.1) is 0 Å². The summed E-state index contributed by atoms with van der Waals surface area (Å²) in [7, 11) is 0. The summed E-state index contributed by atoms with van der Waals surface area (Å²) in [6.07, 6.45) is 1.07. The molecule has 2 rings (SSSR count). The third-order valence-electron chi connectivity index (χ3n) is 2.42. The van der Waals surface area contributed by atoms with Crippen LogP contribution in [0.15, 0.2) is 9.30 Å². The number of rotatable bonds is 3. The van der Waals surface area contributed by atoms with Gasteiger partial charge in [-0.05, 0) is 15.9 Å². The van der Waals surface area contributed by atoms with Crippen LogP contribution in [0.2, 0.25) is 0 Å². The van der Waals surface area contributed by atoms with E-state index < -0.39 is 0 Å². The van der Waals surface area contributed by atoms with Crippen LogP contribution < -0.4 is 5.32 Å². The third kappa shape index (κ3) is 3.02. The number of thiazole rings is 1. The smallest absolute Gasteiger partial charge is 0.159 e. The molecule has 1 fully saturated rings. The van der Waals surface area contributed by atoms with E-state index in [1.165, 1.54) is 18.8 Å². The number of aromatic nitrogens is 1. The number of hydrogen-bond donors (Lipinski definition) is 1. The predicted molar refractivity (Wildman–Crippen MR) is 62.8 cm³/mol.